The molecule has 1 aromatic rings. The highest BCUT2D eigenvalue weighted by Gasteiger charge is 2.27. The molecule has 0 spiro atoms. The van der Waals surface area contributed by atoms with Gasteiger partial charge in [-0.25, -0.2) is 13.6 Å². The summed E-state index contributed by atoms with van der Waals surface area (Å²) in [5, 5.41) is 4.93. The van der Waals surface area contributed by atoms with Crippen molar-refractivity contribution in [3.63, 3.8) is 0 Å². The number of carbonyl (C=O) groups excluding carboxylic acids is 2. The molecular formula is C18H25F2N3O2. The largest absolute Gasteiger partial charge is 0.342 e. The topological polar surface area (TPSA) is 61.4 Å². The third-order valence-corrected chi connectivity index (χ3v) is 4.68. The minimum atomic E-state index is -0.819. The molecule has 0 atom stereocenters. The van der Waals surface area contributed by atoms with E-state index in [2.05, 4.69) is 10.6 Å². The van der Waals surface area contributed by atoms with Crippen molar-refractivity contribution in [3.05, 3.63) is 29.8 Å². The average molecular weight is 353 g/mol. The molecule has 25 heavy (non-hydrogen) atoms. The molecule has 0 aromatic heterocycles. The third kappa shape index (κ3) is 4.90. The fourth-order valence-electron chi connectivity index (χ4n) is 3.09. The first-order valence-electron chi connectivity index (χ1n) is 8.76. The zero-order valence-electron chi connectivity index (χ0n) is 14.6. The van der Waals surface area contributed by atoms with Crippen molar-refractivity contribution in [2.45, 2.75) is 45.6 Å². The number of hydrogen-bond donors (Lipinski definition) is 2. The Morgan fingerprint density at radius 1 is 1.16 bits per heavy atom. The molecule has 0 bridgehead atoms. The number of nitrogens with one attached hydrogen (secondary N) is 2. The maximum Gasteiger partial charge on any atom is 0.319 e. The normalized spacial score (nSPS) is 15.3. The van der Waals surface area contributed by atoms with Crippen molar-refractivity contribution >= 4 is 17.6 Å². The first kappa shape index (κ1) is 19.1. The van der Waals surface area contributed by atoms with E-state index in [9.17, 15) is 18.4 Å². The van der Waals surface area contributed by atoms with Crippen LogP contribution in [0.3, 0.4) is 0 Å². The monoisotopic (exact) mass is 353 g/mol. The van der Waals surface area contributed by atoms with Crippen LogP contribution in [0.1, 0.15) is 39.5 Å². The molecule has 0 unspecified atom stereocenters. The Morgan fingerprint density at radius 2 is 1.72 bits per heavy atom. The fourth-order valence-corrected chi connectivity index (χ4v) is 3.09. The van der Waals surface area contributed by atoms with Crippen LogP contribution in [-0.2, 0) is 4.79 Å². The summed E-state index contributed by atoms with van der Waals surface area (Å²) in [5.74, 6) is -1.42. The molecule has 0 aliphatic carbocycles. The quantitative estimate of drug-likeness (QED) is 0.851. The molecule has 7 heteroatoms. The molecule has 2 rings (SSSR count). The summed E-state index contributed by atoms with van der Waals surface area (Å²) in [6.45, 7) is 5.17. The van der Waals surface area contributed by atoms with Crippen LogP contribution < -0.4 is 10.6 Å². The summed E-state index contributed by atoms with van der Waals surface area (Å²) in [7, 11) is 0. The highest BCUT2D eigenvalue weighted by atomic mass is 19.1. The van der Waals surface area contributed by atoms with Gasteiger partial charge in [0.05, 0.1) is 0 Å². The molecule has 1 saturated heterocycles. The van der Waals surface area contributed by atoms with Gasteiger partial charge in [-0.2, -0.15) is 0 Å². The number of halogens is 2. The number of rotatable bonds is 5. The average Bonchev–Trinajstić information content (AvgIpc) is 2.60. The molecular weight excluding hydrogens is 328 g/mol. The maximum absolute atomic E-state index is 13.5. The van der Waals surface area contributed by atoms with Gasteiger partial charge in [0.15, 0.2) is 0 Å². The second-order valence-corrected chi connectivity index (χ2v) is 6.31. The Labute approximate surface area is 146 Å². The minimum absolute atomic E-state index is 0.0526. The number of hydrogen-bond acceptors (Lipinski definition) is 2. The molecule has 0 radical (unpaired) electrons. The lowest BCUT2D eigenvalue weighted by molar-refractivity contribution is -0.136. The van der Waals surface area contributed by atoms with Gasteiger partial charge in [0.2, 0.25) is 5.91 Å². The summed E-state index contributed by atoms with van der Waals surface area (Å²) >= 11 is 0. The fraction of sp³-hybridized carbons (Fsp3) is 0.556. The van der Waals surface area contributed by atoms with Crippen LogP contribution in [0.15, 0.2) is 18.2 Å². The smallest absolute Gasteiger partial charge is 0.319 e. The zero-order valence-corrected chi connectivity index (χ0v) is 14.6. The molecule has 1 heterocycles. The van der Waals surface area contributed by atoms with E-state index < -0.39 is 23.4 Å². The van der Waals surface area contributed by atoms with Gasteiger partial charge in [-0.1, -0.05) is 19.9 Å². The SMILES string of the molecule is CCC(CC)C(=O)N1CCC(NC(=O)Nc2c(F)cccc2F)CC1. The van der Waals surface area contributed by atoms with E-state index >= 15 is 0 Å². The van der Waals surface area contributed by atoms with Gasteiger partial charge < -0.3 is 15.5 Å². The molecule has 3 amide bonds. The lowest BCUT2D eigenvalue weighted by Gasteiger charge is -2.34. The molecule has 1 aliphatic heterocycles. The van der Waals surface area contributed by atoms with Crippen molar-refractivity contribution in [1.29, 1.82) is 0 Å². The Bertz CT molecular complexity index is 592. The number of nitrogens with zero attached hydrogens (tertiary/aromatic N) is 1. The van der Waals surface area contributed by atoms with Crippen LogP contribution >= 0.6 is 0 Å². The predicted molar refractivity (Wildman–Crippen MR) is 92.2 cm³/mol. The number of benzene rings is 1. The van der Waals surface area contributed by atoms with Crippen LogP contribution in [0, 0.1) is 17.6 Å². The Morgan fingerprint density at radius 3 is 2.24 bits per heavy atom. The number of piperidine rings is 1. The van der Waals surface area contributed by atoms with Gasteiger partial charge in [-0.3, -0.25) is 4.79 Å². The molecule has 138 valence electrons. The van der Waals surface area contributed by atoms with E-state index in [4.69, 9.17) is 0 Å². The van der Waals surface area contributed by atoms with Crippen LogP contribution in [0.25, 0.3) is 0 Å². The summed E-state index contributed by atoms with van der Waals surface area (Å²) in [4.78, 5) is 26.2. The number of urea groups is 1. The van der Waals surface area contributed by atoms with Crippen molar-refractivity contribution < 1.29 is 18.4 Å². The molecule has 2 N–H and O–H groups in total. The number of para-hydroxylation sites is 1. The second kappa shape index (κ2) is 8.78. The summed E-state index contributed by atoms with van der Waals surface area (Å²) in [6.07, 6.45) is 2.90. The van der Waals surface area contributed by atoms with Gasteiger partial charge in [0.25, 0.3) is 0 Å². The second-order valence-electron chi connectivity index (χ2n) is 6.31. The zero-order chi connectivity index (χ0) is 18.4. The highest BCUT2D eigenvalue weighted by Crippen LogP contribution is 2.19. The number of carbonyl (C=O) groups is 2. The molecule has 5 nitrogen and oxygen atoms in total. The number of anilines is 1. The Hall–Kier alpha value is -2.18. The third-order valence-electron chi connectivity index (χ3n) is 4.68. The molecule has 1 fully saturated rings. The lowest BCUT2D eigenvalue weighted by Crippen LogP contribution is -2.48. The summed E-state index contributed by atoms with van der Waals surface area (Å²) in [5.41, 5.74) is -0.457. The van der Waals surface area contributed by atoms with Crippen molar-refractivity contribution in [2.75, 3.05) is 18.4 Å². The van der Waals surface area contributed by atoms with E-state index in [0.717, 1.165) is 25.0 Å². The first-order valence-corrected chi connectivity index (χ1v) is 8.76. The van der Waals surface area contributed by atoms with Crippen LogP contribution in [-0.4, -0.2) is 36.0 Å². The number of likely N-dealkylation sites (tertiary alicyclic amines) is 1. The highest BCUT2D eigenvalue weighted by molar-refractivity contribution is 5.89. The molecule has 0 saturated carbocycles. The van der Waals surface area contributed by atoms with E-state index in [1.165, 1.54) is 6.07 Å². The van der Waals surface area contributed by atoms with Gasteiger partial charge >= 0.3 is 6.03 Å². The molecule has 1 aromatic carbocycles. The van der Waals surface area contributed by atoms with E-state index in [0.29, 0.717) is 25.9 Å². The van der Waals surface area contributed by atoms with Gasteiger partial charge in [-0.05, 0) is 37.8 Å². The molecule has 1 aliphatic rings. The van der Waals surface area contributed by atoms with E-state index in [1.807, 2.05) is 18.7 Å². The summed E-state index contributed by atoms with van der Waals surface area (Å²) < 4.78 is 27.1. The van der Waals surface area contributed by atoms with Crippen molar-refractivity contribution in [2.24, 2.45) is 5.92 Å². The standard InChI is InChI=1S/C18H25F2N3O2/c1-3-12(4-2)17(24)23-10-8-13(9-11-23)21-18(25)22-16-14(19)6-5-7-15(16)20/h5-7,12-13H,3-4,8-11H2,1-2H3,(H2,21,22,25). The summed E-state index contributed by atoms with van der Waals surface area (Å²) in [6, 6.07) is 2.64. The maximum atomic E-state index is 13.5. The predicted octanol–water partition coefficient (Wildman–Crippen LogP) is 3.51. The minimum Gasteiger partial charge on any atom is -0.342 e. The van der Waals surface area contributed by atoms with Crippen molar-refractivity contribution in [1.82, 2.24) is 10.2 Å². The van der Waals surface area contributed by atoms with Crippen LogP contribution in [0.2, 0.25) is 0 Å². The van der Waals surface area contributed by atoms with Crippen molar-refractivity contribution in [3.8, 4) is 0 Å². The van der Waals surface area contributed by atoms with Gasteiger partial charge in [-0.15, -0.1) is 0 Å². The van der Waals surface area contributed by atoms with Gasteiger partial charge in [0, 0.05) is 25.0 Å². The van der Waals surface area contributed by atoms with Crippen LogP contribution in [0.5, 0.6) is 0 Å². The first-order chi connectivity index (χ1) is 12.0. The van der Waals surface area contributed by atoms with E-state index in [-0.39, 0.29) is 17.9 Å². The van der Waals surface area contributed by atoms with Crippen LogP contribution in [0.4, 0.5) is 19.3 Å². The lowest BCUT2D eigenvalue weighted by atomic mass is 9.98. The van der Waals surface area contributed by atoms with E-state index in [1.54, 1.807) is 0 Å². The number of amides is 3. The Kier molecular flexibility index (Phi) is 6.73. The van der Waals surface area contributed by atoms with Gasteiger partial charge in [0.1, 0.15) is 17.3 Å². The Balaban J connectivity index is 1.83.